The summed E-state index contributed by atoms with van der Waals surface area (Å²) in [5, 5.41) is 12.9. The van der Waals surface area contributed by atoms with Crippen molar-refractivity contribution in [3.63, 3.8) is 0 Å². The predicted octanol–water partition coefficient (Wildman–Crippen LogP) is 6.02. The third-order valence-corrected chi connectivity index (χ3v) is 10.9. The van der Waals surface area contributed by atoms with Crippen molar-refractivity contribution in [1.82, 2.24) is 19.5 Å². The SMILES string of the molecule is COc1ccc(C(N[C@H]2[C@H](F)[C@H](n3ccc(=O)[nH]c3=O)O[C@@H]2COP(OCCC#N)N(C(C)C)C(C)C)(c2ccccc2)c2ccccc2)cc1. The minimum absolute atomic E-state index is 0.0388. The molecule has 0 radical (unpaired) electrons. The fourth-order valence-corrected chi connectivity index (χ4v) is 8.17. The van der Waals surface area contributed by atoms with Crippen LogP contribution in [0.15, 0.2) is 107 Å². The van der Waals surface area contributed by atoms with E-state index in [-0.39, 0.29) is 31.7 Å². The van der Waals surface area contributed by atoms with Crippen LogP contribution in [0.1, 0.15) is 57.0 Å². The molecule has 0 spiro atoms. The maximum atomic E-state index is 17.3. The summed E-state index contributed by atoms with van der Waals surface area (Å²) in [7, 11) is -0.0936. The molecule has 5 rings (SSSR count). The minimum atomic E-state index is -1.79. The summed E-state index contributed by atoms with van der Waals surface area (Å²) in [6.45, 7) is 8.17. The number of nitrogens with one attached hydrogen (secondary N) is 2. The van der Waals surface area contributed by atoms with Gasteiger partial charge < -0.3 is 18.5 Å². The largest absolute Gasteiger partial charge is 0.497 e. The van der Waals surface area contributed by atoms with E-state index in [2.05, 4.69) is 21.0 Å². The predicted molar refractivity (Wildman–Crippen MR) is 194 cm³/mol. The first kappa shape index (κ1) is 38.0. The molecule has 270 valence electrons. The van der Waals surface area contributed by atoms with Crippen LogP contribution in [0.25, 0.3) is 0 Å². The molecule has 0 aliphatic carbocycles. The standard InChI is InChI=1S/C38H45FN5O6P/c1-26(2)44(27(3)4)51(48-24-12-22-40)49-25-32-35(34(39)36(50-32)43-23-21-33(45)41-37(43)46)42-38(28-13-8-6-9-14-28,29-15-10-7-11-16-29)30-17-19-31(47-5)20-18-30/h6-11,13-21,23,26-27,32,34-36,42H,12,24-25H2,1-5H3,(H,41,45,46)/t32-,34+,35-,36-,51?/m1/s1. The smallest absolute Gasteiger partial charge is 0.330 e. The second-order valence-corrected chi connectivity index (χ2v) is 14.2. The Morgan fingerprint density at radius 2 is 1.53 bits per heavy atom. The van der Waals surface area contributed by atoms with Crippen LogP contribution in [-0.2, 0) is 19.3 Å². The summed E-state index contributed by atoms with van der Waals surface area (Å²) < 4.78 is 44.9. The van der Waals surface area contributed by atoms with Crippen LogP contribution in [0.5, 0.6) is 5.75 Å². The van der Waals surface area contributed by atoms with E-state index in [1.165, 1.54) is 6.20 Å². The minimum Gasteiger partial charge on any atom is -0.497 e. The van der Waals surface area contributed by atoms with Crippen LogP contribution < -0.4 is 21.3 Å². The number of aromatic nitrogens is 2. The Morgan fingerprint density at radius 3 is 2.06 bits per heavy atom. The maximum absolute atomic E-state index is 17.3. The highest BCUT2D eigenvalue weighted by molar-refractivity contribution is 7.44. The van der Waals surface area contributed by atoms with Crippen molar-refractivity contribution >= 4 is 8.53 Å². The molecule has 1 saturated heterocycles. The first-order valence-electron chi connectivity index (χ1n) is 17.0. The number of ether oxygens (including phenoxy) is 2. The van der Waals surface area contributed by atoms with Gasteiger partial charge in [0.1, 0.15) is 11.9 Å². The van der Waals surface area contributed by atoms with Crippen molar-refractivity contribution in [2.45, 2.75) is 76.3 Å². The van der Waals surface area contributed by atoms with Crippen molar-refractivity contribution < 1.29 is 22.9 Å². The van der Waals surface area contributed by atoms with E-state index < -0.39 is 49.9 Å². The fourth-order valence-electron chi connectivity index (χ4n) is 6.55. The van der Waals surface area contributed by atoms with Gasteiger partial charge in [-0.1, -0.05) is 72.8 Å². The van der Waals surface area contributed by atoms with Crippen molar-refractivity contribution in [3.8, 4) is 11.8 Å². The quantitative estimate of drug-likeness (QED) is 0.0812. The molecule has 1 aliphatic rings. The number of alkyl halides is 1. The molecule has 5 atom stereocenters. The number of aromatic amines is 1. The molecule has 1 aromatic heterocycles. The highest BCUT2D eigenvalue weighted by atomic mass is 31.2. The van der Waals surface area contributed by atoms with E-state index in [0.29, 0.717) is 5.75 Å². The molecule has 1 fully saturated rings. The first-order valence-corrected chi connectivity index (χ1v) is 18.1. The Balaban J connectivity index is 1.63. The number of benzene rings is 3. The highest BCUT2D eigenvalue weighted by Crippen LogP contribution is 2.48. The number of hydrogen-bond acceptors (Lipinski definition) is 9. The van der Waals surface area contributed by atoms with Crippen LogP contribution in [0.2, 0.25) is 0 Å². The second kappa shape index (κ2) is 17.3. The molecule has 51 heavy (non-hydrogen) atoms. The molecular weight excluding hydrogens is 672 g/mol. The number of halogens is 1. The van der Waals surface area contributed by atoms with Crippen molar-refractivity contribution in [2.24, 2.45) is 0 Å². The number of nitriles is 1. The number of hydrogen-bond donors (Lipinski definition) is 2. The number of H-pyrrole nitrogens is 1. The topological polar surface area (TPSA) is 131 Å². The molecule has 3 aromatic carbocycles. The maximum Gasteiger partial charge on any atom is 0.330 e. The number of rotatable bonds is 16. The Kier molecular flexibility index (Phi) is 12.9. The Hall–Kier alpha value is -4.21. The molecule has 13 heteroatoms. The van der Waals surface area contributed by atoms with E-state index in [0.717, 1.165) is 27.3 Å². The molecule has 1 aliphatic heterocycles. The second-order valence-electron chi connectivity index (χ2n) is 12.8. The summed E-state index contributed by atoms with van der Waals surface area (Å²) >= 11 is 0. The van der Waals surface area contributed by atoms with Crippen LogP contribution >= 0.6 is 8.53 Å². The van der Waals surface area contributed by atoms with Gasteiger partial charge in [0.05, 0.1) is 44.4 Å². The van der Waals surface area contributed by atoms with Gasteiger partial charge in [-0.25, -0.2) is 13.9 Å². The van der Waals surface area contributed by atoms with Gasteiger partial charge in [-0.15, -0.1) is 0 Å². The first-order chi connectivity index (χ1) is 24.6. The lowest BCUT2D eigenvalue weighted by molar-refractivity contribution is -0.0394. The molecule has 2 N–H and O–H groups in total. The van der Waals surface area contributed by atoms with Gasteiger partial charge in [0.25, 0.3) is 14.1 Å². The zero-order valence-electron chi connectivity index (χ0n) is 29.4. The summed E-state index contributed by atoms with van der Waals surface area (Å²) in [4.78, 5) is 27.2. The molecule has 4 aromatic rings. The van der Waals surface area contributed by atoms with E-state index >= 15 is 4.39 Å². The number of nitrogens with zero attached hydrogens (tertiary/aromatic N) is 3. The van der Waals surface area contributed by atoms with Gasteiger partial charge in [-0.3, -0.25) is 19.7 Å². The third kappa shape index (κ3) is 8.47. The van der Waals surface area contributed by atoms with E-state index in [4.69, 9.17) is 18.5 Å². The zero-order valence-corrected chi connectivity index (χ0v) is 30.3. The summed E-state index contributed by atoms with van der Waals surface area (Å²) in [5.74, 6) is 0.662. The normalized spacial score (nSPS) is 19.8. The molecule has 0 saturated carbocycles. The molecule has 0 bridgehead atoms. The van der Waals surface area contributed by atoms with Gasteiger partial charge in [0, 0.05) is 24.3 Å². The average Bonchev–Trinajstić information content (AvgIpc) is 3.43. The summed E-state index contributed by atoms with van der Waals surface area (Å²) in [6, 6.07) is 29.4. The molecule has 1 unspecified atom stereocenters. The molecule has 0 amide bonds. The zero-order chi connectivity index (χ0) is 36.5. The van der Waals surface area contributed by atoms with E-state index in [9.17, 15) is 14.9 Å². The van der Waals surface area contributed by atoms with Crippen LogP contribution in [-0.4, -0.2) is 64.9 Å². The van der Waals surface area contributed by atoms with Gasteiger partial charge in [0.2, 0.25) is 0 Å². The van der Waals surface area contributed by atoms with Crippen molar-refractivity contribution in [1.29, 1.82) is 5.26 Å². The lowest BCUT2D eigenvalue weighted by atomic mass is 9.76. The Morgan fingerprint density at radius 1 is 0.941 bits per heavy atom. The van der Waals surface area contributed by atoms with Gasteiger partial charge in [0.15, 0.2) is 12.4 Å². The lowest BCUT2D eigenvalue weighted by Crippen LogP contribution is -2.56. The van der Waals surface area contributed by atoms with E-state index in [1.54, 1.807) is 7.11 Å². The van der Waals surface area contributed by atoms with Crippen LogP contribution in [0, 0.1) is 11.3 Å². The Labute approximate surface area is 298 Å². The molecule has 11 nitrogen and oxygen atoms in total. The molecule has 2 heterocycles. The van der Waals surface area contributed by atoms with Crippen molar-refractivity contribution in [2.75, 3.05) is 20.3 Å². The van der Waals surface area contributed by atoms with Gasteiger partial charge in [-0.2, -0.15) is 5.26 Å². The summed E-state index contributed by atoms with van der Waals surface area (Å²) in [6.07, 6.45) is -2.71. The fraction of sp³-hybridized carbons (Fsp3) is 0.395. The van der Waals surface area contributed by atoms with Crippen LogP contribution in [0.3, 0.4) is 0 Å². The van der Waals surface area contributed by atoms with Gasteiger partial charge in [-0.05, 0) is 56.5 Å². The highest BCUT2D eigenvalue weighted by Gasteiger charge is 2.51. The third-order valence-electron chi connectivity index (χ3n) is 8.79. The number of methoxy groups -OCH3 is 1. The average molecular weight is 718 g/mol. The lowest BCUT2D eigenvalue weighted by Gasteiger charge is -2.41. The van der Waals surface area contributed by atoms with Gasteiger partial charge >= 0.3 is 5.69 Å². The molecular formula is C38H45FN5O6P. The van der Waals surface area contributed by atoms with Crippen molar-refractivity contribution in [3.05, 3.63) is 135 Å². The summed E-state index contributed by atoms with van der Waals surface area (Å²) in [5.41, 5.74) is -0.0299. The Bertz CT molecular complexity index is 1800. The van der Waals surface area contributed by atoms with Crippen LogP contribution in [0.4, 0.5) is 4.39 Å². The van der Waals surface area contributed by atoms with E-state index in [1.807, 2.05) is 113 Å². The monoisotopic (exact) mass is 717 g/mol.